The number of nitrogens with zero attached hydrogens (tertiary/aromatic N) is 2. The molecule has 2 rings (SSSR count). The number of nitro groups is 1. The number of hydrogen-bond acceptors (Lipinski definition) is 5. The van der Waals surface area contributed by atoms with Crippen molar-refractivity contribution in [1.82, 2.24) is 4.57 Å². The van der Waals surface area contributed by atoms with Crippen molar-refractivity contribution in [3.63, 3.8) is 0 Å². The molecule has 0 aliphatic carbocycles. The van der Waals surface area contributed by atoms with E-state index in [0.717, 1.165) is 0 Å². The first kappa shape index (κ1) is 16.4. The monoisotopic (exact) mass is 318 g/mol. The molecule has 0 aliphatic heterocycles. The Kier molecular flexibility index (Phi) is 4.87. The molecule has 0 saturated heterocycles. The molecule has 1 aromatic carbocycles. The van der Waals surface area contributed by atoms with Gasteiger partial charge in [0, 0.05) is 25.3 Å². The van der Waals surface area contributed by atoms with E-state index in [1.807, 2.05) is 0 Å². The number of nitro benzene ring substituents is 1. The van der Waals surface area contributed by atoms with Crippen LogP contribution in [0.1, 0.15) is 16.8 Å². The first-order valence-electron chi connectivity index (χ1n) is 6.78. The van der Waals surface area contributed by atoms with Crippen molar-refractivity contribution in [2.24, 2.45) is 0 Å². The number of carboxylic acids is 1. The van der Waals surface area contributed by atoms with E-state index in [4.69, 9.17) is 10.2 Å². The fourth-order valence-corrected chi connectivity index (χ4v) is 2.20. The Balaban J connectivity index is 2.56. The molecule has 0 fully saturated rings. The highest BCUT2D eigenvalue weighted by molar-refractivity contribution is 5.87. The summed E-state index contributed by atoms with van der Waals surface area (Å²) >= 11 is 0. The molecule has 0 atom stereocenters. The van der Waals surface area contributed by atoms with Crippen LogP contribution in [0.15, 0.2) is 41.2 Å². The number of aromatic carboxylic acids is 1. The highest BCUT2D eigenvalue weighted by atomic mass is 16.6. The zero-order chi connectivity index (χ0) is 17.0. The molecule has 0 radical (unpaired) electrons. The zero-order valence-electron chi connectivity index (χ0n) is 12.0. The van der Waals surface area contributed by atoms with Gasteiger partial charge in [-0.3, -0.25) is 14.9 Å². The van der Waals surface area contributed by atoms with Crippen LogP contribution in [-0.4, -0.2) is 32.3 Å². The minimum atomic E-state index is -1.33. The second kappa shape index (κ2) is 6.84. The average molecular weight is 318 g/mol. The highest BCUT2D eigenvalue weighted by Crippen LogP contribution is 2.22. The van der Waals surface area contributed by atoms with E-state index in [2.05, 4.69) is 0 Å². The molecule has 1 heterocycles. The number of aliphatic hydroxyl groups is 1. The van der Waals surface area contributed by atoms with Crippen LogP contribution in [0.5, 0.6) is 0 Å². The molecule has 2 N–H and O–H groups in total. The van der Waals surface area contributed by atoms with Crippen LogP contribution in [-0.2, 0) is 6.54 Å². The summed E-state index contributed by atoms with van der Waals surface area (Å²) in [6.45, 7) is -0.00772. The van der Waals surface area contributed by atoms with Crippen molar-refractivity contribution in [2.45, 2.75) is 13.0 Å². The maximum absolute atomic E-state index is 12.3. The number of carboxylic acid groups (broad SMARTS) is 1. The van der Waals surface area contributed by atoms with Crippen molar-refractivity contribution in [2.75, 3.05) is 6.61 Å². The van der Waals surface area contributed by atoms with E-state index in [1.165, 1.54) is 41.0 Å². The van der Waals surface area contributed by atoms with Gasteiger partial charge in [-0.05, 0) is 36.2 Å². The van der Waals surface area contributed by atoms with Gasteiger partial charge in [-0.2, -0.15) is 0 Å². The quantitative estimate of drug-likeness (QED) is 0.614. The molecule has 8 nitrogen and oxygen atoms in total. The summed E-state index contributed by atoms with van der Waals surface area (Å²) in [6.07, 6.45) is 0.281. The summed E-state index contributed by atoms with van der Waals surface area (Å²) < 4.78 is 1.25. The third kappa shape index (κ3) is 3.43. The van der Waals surface area contributed by atoms with E-state index in [-0.39, 0.29) is 30.8 Å². The van der Waals surface area contributed by atoms with Gasteiger partial charge in [0.2, 0.25) is 0 Å². The largest absolute Gasteiger partial charge is 0.477 e. The normalized spacial score (nSPS) is 10.5. The van der Waals surface area contributed by atoms with Crippen molar-refractivity contribution >= 4 is 11.7 Å². The molecule has 8 heteroatoms. The fourth-order valence-electron chi connectivity index (χ4n) is 2.20. The highest BCUT2D eigenvalue weighted by Gasteiger charge is 2.15. The van der Waals surface area contributed by atoms with Crippen molar-refractivity contribution in [1.29, 1.82) is 0 Å². The first-order valence-corrected chi connectivity index (χ1v) is 6.78. The Morgan fingerprint density at radius 3 is 2.35 bits per heavy atom. The molecule has 0 unspecified atom stereocenters. The number of non-ortho nitro benzene ring substituents is 1. The van der Waals surface area contributed by atoms with Gasteiger partial charge < -0.3 is 14.8 Å². The van der Waals surface area contributed by atoms with Crippen LogP contribution in [0.2, 0.25) is 0 Å². The Morgan fingerprint density at radius 1 is 1.17 bits per heavy atom. The van der Waals surface area contributed by atoms with Crippen LogP contribution in [0, 0.1) is 10.1 Å². The Hall–Kier alpha value is -3.00. The number of pyridine rings is 1. The molecule has 0 bridgehead atoms. The summed E-state index contributed by atoms with van der Waals surface area (Å²) in [4.78, 5) is 33.5. The van der Waals surface area contributed by atoms with E-state index in [0.29, 0.717) is 11.3 Å². The summed E-state index contributed by atoms with van der Waals surface area (Å²) in [5, 5.41) is 28.7. The number of hydrogen-bond donors (Lipinski definition) is 2. The Labute approximate surface area is 130 Å². The van der Waals surface area contributed by atoms with E-state index < -0.39 is 16.5 Å². The van der Waals surface area contributed by atoms with Crippen LogP contribution in [0.25, 0.3) is 11.3 Å². The number of aromatic nitrogens is 1. The Bertz CT molecular complexity index is 795. The topological polar surface area (TPSA) is 123 Å². The number of rotatable bonds is 6. The van der Waals surface area contributed by atoms with E-state index in [1.54, 1.807) is 0 Å². The van der Waals surface area contributed by atoms with Gasteiger partial charge in [-0.25, -0.2) is 4.79 Å². The summed E-state index contributed by atoms with van der Waals surface area (Å²) in [5.74, 6) is -1.33. The number of carbonyl (C=O) groups is 1. The molecule has 0 amide bonds. The summed E-state index contributed by atoms with van der Waals surface area (Å²) in [6, 6.07) is 8.27. The van der Waals surface area contributed by atoms with Crippen molar-refractivity contribution in [3.05, 3.63) is 62.4 Å². The van der Waals surface area contributed by atoms with Gasteiger partial charge in [0.15, 0.2) is 0 Å². The summed E-state index contributed by atoms with van der Waals surface area (Å²) in [7, 11) is 0. The lowest BCUT2D eigenvalue weighted by Crippen LogP contribution is -2.27. The number of aliphatic hydroxyl groups excluding tert-OH is 1. The third-order valence-electron chi connectivity index (χ3n) is 3.32. The molecule has 23 heavy (non-hydrogen) atoms. The predicted octanol–water partition coefficient (Wildman–Crippen LogP) is 1.50. The van der Waals surface area contributed by atoms with Crippen LogP contribution < -0.4 is 5.56 Å². The Morgan fingerprint density at radius 2 is 1.83 bits per heavy atom. The molecular formula is C15H14N2O6. The van der Waals surface area contributed by atoms with Gasteiger partial charge >= 0.3 is 5.97 Å². The van der Waals surface area contributed by atoms with Gasteiger partial charge in [-0.1, -0.05) is 0 Å². The fraction of sp³-hybridized carbons (Fsp3) is 0.200. The third-order valence-corrected chi connectivity index (χ3v) is 3.32. The minimum absolute atomic E-state index is 0.0832. The smallest absolute Gasteiger partial charge is 0.341 e. The average Bonchev–Trinajstić information content (AvgIpc) is 2.53. The first-order chi connectivity index (χ1) is 11.0. The van der Waals surface area contributed by atoms with Crippen molar-refractivity contribution in [3.8, 4) is 11.3 Å². The molecule has 0 saturated carbocycles. The maximum Gasteiger partial charge on any atom is 0.341 e. The molecule has 0 spiro atoms. The minimum Gasteiger partial charge on any atom is -0.477 e. The van der Waals surface area contributed by atoms with Gasteiger partial charge in [0.1, 0.15) is 5.56 Å². The lowest BCUT2D eigenvalue weighted by Gasteiger charge is -2.13. The standard InChI is InChI=1S/C15H14N2O6/c18-9-1-8-16-13(7-6-12(14(16)19)15(20)21)10-2-4-11(5-3-10)17(22)23/h2-7,18H,1,8-9H2,(H,20,21). The van der Waals surface area contributed by atoms with Crippen LogP contribution in [0.3, 0.4) is 0 Å². The van der Waals surface area contributed by atoms with Gasteiger partial charge in [-0.15, -0.1) is 0 Å². The molecular weight excluding hydrogens is 304 g/mol. The SMILES string of the molecule is O=C(O)c1ccc(-c2ccc([N+](=O)[O-])cc2)n(CCCO)c1=O. The molecule has 0 aliphatic rings. The second-order valence-electron chi connectivity index (χ2n) is 4.78. The lowest BCUT2D eigenvalue weighted by atomic mass is 10.1. The van der Waals surface area contributed by atoms with E-state index in [9.17, 15) is 19.7 Å². The van der Waals surface area contributed by atoms with Gasteiger partial charge in [0.05, 0.1) is 10.6 Å². The number of benzene rings is 1. The maximum atomic E-state index is 12.3. The van der Waals surface area contributed by atoms with Gasteiger partial charge in [0.25, 0.3) is 11.2 Å². The molecule has 2 aromatic rings. The zero-order valence-corrected chi connectivity index (χ0v) is 12.0. The van der Waals surface area contributed by atoms with Crippen LogP contribution in [0.4, 0.5) is 5.69 Å². The molecule has 120 valence electrons. The lowest BCUT2D eigenvalue weighted by molar-refractivity contribution is -0.384. The predicted molar refractivity (Wildman–Crippen MR) is 81.5 cm³/mol. The van der Waals surface area contributed by atoms with Crippen LogP contribution >= 0.6 is 0 Å². The van der Waals surface area contributed by atoms with Crippen molar-refractivity contribution < 1.29 is 19.9 Å². The van der Waals surface area contributed by atoms with E-state index >= 15 is 0 Å². The summed E-state index contributed by atoms with van der Waals surface area (Å²) in [5.41, 5.74) is -0.151. The molecule has 1 aromatic heterocycles. The second-order valence-corrected chi connectivity index (χ2v) is 4.78.